The zero-order chi connectivity index (χ0) is 15.4. The summed E-state index contributed by atoms with van der Waals surface area (Å²) in [6.45, 7) is 3.64. The lowest BCUT2D eigenvalue weighted by Crippen LogP contribution is -2.17. The maximum Gasteiger partial charge on any atom is 0.226 e. The van der Waals surface area contributed by atoms with E-state index in [-0.39, 0.29) is 0 Å². The first kappa shape index (κ1) is 14.5. The van der Waals surface area contributed by atoms with Gasteiger partial charge in [0.05, 0.1) is 5.69 Å². The van der Waals surface area contributed by atoms with Crippen LogP contribution in [0.1, 0.15) is 16.8 Å². The highest BCUT2D eigenvalue weighted by molar-refractivity contribution is 5.58. The van der Waals surface area contributed by atoms with Crippen LogP contribution in [0.25, 0.3) is 11.5 Å². The molecule has 0 atom stereocenters. The SMILES string of the molecule is Cc1ccccc1-c1nc(CN(C)Cc2cccnc2)co1. The molecule has 0 amide bonds. The number of benzene rings is 1. The summed E-state index contributed by atoms with van der Waals surface area (Å²) in [5, 5.41) is 0. The van der Waals surface area contributed by atoms with Gasteiger partial charge in [-0.05, 0) is 37.2 Å². The number of pyridine rings is 1. The van der Waals surface area contributed by atoms with Crippen molar-refractivity contribution in [2.24, 2.45) is 0 Å². The van der Waals surface area contributed by atoms with Gasteiger partial charge in [-0.2, -0.15) is 0 Å². The average Bonchev–Trinajstić information content (AvgIpc) is 2.97. The highest BCUT2D eigenvalue weighted by atomic mass is 16.3. The monoisotopic (exact) mass is 293 g/mol. The van der Waals surface area contributed by atoms with Crippen LogP contribution in [0.15, 0.2) is 59.5 Å². The van der Waals surface area contributed by atoms with E-state index in [1.165, 1.54) is 11.1 Å². The molecule has 1 aromatic carbocycles. The molecule has 22 heavy (non-hydrogen) atoms. The molecule has 0 saturated heterocycles. The summed E-state index contributed by atoms with van der Waals surface area (Å²) in [4.78, 5) is 10.9. The number of rotatable bonds is 5. The minimum Gasteiger partial charge on any atom is -0.444 e. The summed E-state index contributed by atoms with van der Waals surface area (Å²) in [6, 6.07) is 12.1. The maximum absolute atomic E-state index is 5.63. The first-order chi connectivity index (χ1) is 10.7. The predicted octanol–water partition coefficient (Wildman–Crippen LogP) is 3.68. The normalized spacial score (nSPS) is 11.0. The van der Waals surface area contributed by atoms with Crippen LogP contribution in [-0.2, 0) is 13.1 Å². The third kappa shape index (κ3) is 3.40. The number of hydrogen-bond donors (Lipinski definition) is 0. The molecule has 0 aliphatic rings. The molecular weight excluding hydrogens is 274 g/mol. The van der Waals surface area contributed by atoms with Gasteiger partial charge in [0.25, 0.3) is 0 Å². The van der Waals surface area contributed by atoms with Crippen molar-refractivity contribution in [3.05, 3.63) is 71.9 Å². The Balaban J connectivity index is 1.68. The zero-order valence-electron chi connectivity index (χ0n) is 12.9. The third-order valence-corrected chi connectivity index (χ3v) is 3.53. The van der Waals surface area contributed by atoms with Crippen LogP contribution in [0.4, 0.5) is 0 Å². The summed E-state index contributed by atoms with van der Waals surface area (Å²) in [5.41, 5.74) is 4.33. The largest absolute Gasteiger partial charge is 0.444 e. The molecule has 2 aromatic heterocycles. The van der Waals surface area contributed by atoms with Gasteiger partial charge in [0, 0.05) is 31.0 Å². The Morgan fingerprint density at radius 1 is 1.09 bits per heavy atom. The van der Waals surface area contributed by atoms with Crippen molar-refractivity contribution >= 4 is 0 Å². The van der Waals surface area contributed by atoms with Crippen LogP contribution in [0, 0.1) is 6.92 Å². The smallest absolute Gasteiger partial charge is 0.226 e. The third-order valence-electron chi connectivity index (χ3n) is 3.53. The fourth-order valence-corrected chi connectivity index (χ4v) is 2.45. The standard InChI is InChI=1S/C18H19N3O/c1-14-6-3-4-8-17(14)18-20-16(13-22-18)12-21(2)11-15-7-5-9-19-10-15/h3-10,13H,11-12H2,1-2H3. The minimum absolute atomic E-state index is 0.683. The highest BCUT2D eigenvalue weighted by Crippen LogP contribution is 2.22. The molecule has 0 aliphatic carbocycles. The summed E-state index contributed by atoms with van der Waals surface area (Å²) < 4.78 is 5.63. The predicted molar refractivity (Wildman–Crippen MR) is 86.1 cm³/mol. The van der Waals surface area contributed by atoms with E-state index in [4.69, 9.17) is 4.42 Å². The fraction of sp³-hybridized carbons (Fsp3) is 0.222. The van der Waals surface area contributed by atoms with Crippen molar-refractivity contribution in [1.29, 1.82) is 0 Å². The quantitative estimate of drug-likeness (QED) is 0.719. The van der Waals surface area contributed by atoms with Crippen LogP contribution < -0.4 is 0 Å². The molecule has 0 spiro atoms. The fourth-order valence-electron chi connectivity index (χ4n) is 2.45. The van der Waals surface area contributed by atoms with Gasteiger partial charge >= 0.3 is 0 Å². The van der Waals surface area contributed by atoms with Gasteiger partial charge in [0.15, 0.2) is 0 Å². The second-order valence-electron chi connectivity index (χ2n) is 5.49. The Kier molecular flexibility index (Phi) is 4.30. The molecule has 0 fully saturated rings. The average molecular weight is 293 g/mol. The van der Waals surface area contributed by atoms with Crippen LogP contribution in [0.2, 0.25) is 0 Å². The molecule has 0 aliphatic heterocycles. The lowest BCUT2D eigenvalue weighted by Gasteiger charge is -2.14. The van der Waals surface area contributed by atoms with Gasteiger partial charge < -0.3 is 4.42 Å². The Bertz CT molecular complexity index is 737. The van der Waals surface area contributed by atoms with E-state index < -0.39 is 0 Å². The number of aryl methyl sites for hydroxylation is 1. The van der Waals surface area contributed by atoms with Gasteiger partial charge in [-0.3, -0.25) is 9.88 Å². The Labute approximate surface area is 130 Å². The molecule has 4 heteroatoms. The Morgan fingerprint density at radius 2 is 1.95 bits per heavy atom. The van der Waals surface area contributed by atoms with Gasteiger partial charge in [-0.25, -0.2) is 4.98 Å². The molecule has 112 valence electrons. The lowest BCUT2D eigenvalue weighted by atomic mass is 10.1. The molecular formula is C18H19N3O. The van der Waals surface area contributed by atoms with Crippen molar-refractivity contribution in [3.8, 4) is 11.5 Å². The molecule has 4 nitrogen and oxygen atoms in total. The van der Waals surface area contributed by atoms with Gasteiger partial charge in [-0.15, -0.1) is 0 Å². The Hall–Kier alpha value is -2.46. The van der Waals surface area contributed by atoms with E-state index in [1.54, 1.807) is 12.5 Å². The minimum atomic E-state index is 0.683. The van der Waals surface area contributed by atoms with E-state index in [9.17, 15) is 0 Å². The topological polar surface area (TPSA) is 42.2 Å². The van der Waals surface area contributed by atoms with Crippen LogP contribution in [0.3, 0.4) is 0 Å². The number of aromatic nitrogens is 2. The van der Waals surface area contributed by atoms with E-state index in [2.05, 4.69) is 41.0 Å². The second kappa shape index (κ2) is 6.54. The molecule has 0 saturated carbocycles. The lowest BCUT2D eigenvalue weighted by molar-refractivity contribution is 0.314. The van der Waals surface area contributed by atoms with Crippen molar-refractivity contribution in [2.45, 2.75) is 20.0 Å². The summed E-state index contributed by atoms with van der Waals surface area (Å²) in [6.07, 6.45) is 5.41. The zero-order valence-corrected chi connectivity index (χ0v) is 12.9. The van der Waals surface area contributed by atoms with Crippen molar-refractivity contribution in [1.82, 2.24) is 14.9 Å². The van der Waals surface area contributed by atoms with Crippen LogP contribution >= 0.6 is 0 Å². The van der Waals surface area contributed by atoms with E-state index >= 15 is 0 Å². The number of oxazole rings is 1. The van der Waals surface area contributed by atoms with Crippen LogP contribution in [0.5, 0.6) is 0 Å². The maximum atomic E-state index is 5.63. The van der Waals surface area contributed by atoms with Crippen LogP contribution in [-0.4, -0.2) is 21.9 Å². The molecule has 0 unspecified atom stereocenters. The second-order valence-corrected chi connectivity index (χ2v) is 5.49. The van der Waals surface area contributed by atoms with Crippen molar-refractivity contribution in [3.63, 3.8) is 0 Å². The van der Waals surface area contributed by atoms with E-state index in [0.717, 1.165) is 24.3 Å². The van der Waals surface area contributed by atoms with E-state index in [1.807, 2.05) is 30.5 Å². The Morgan fingerprint density at radius 3 is 2.73 bits per heavy atom. The summed E-state index contributed by atoms with van der Waals surface area (Å²) >= 11 is 0. The summed E-state index contributed by atoms with van der Waals surface area (Å²) in [5.74, 6) is 0.683. The molecule has 3 rings (SSSR count). The molecule has 0 N–H and O–H groups in total. The highest BCUT2D eigenvalue weighted by Gasteiger charge is 2.10. The van der Waals surface area contributed by atoms with Gasteiger partial charge in [0.2, 0.25) is 5.89 Å². The first-order valence-electron chi connectivity index (χ1n) is 7.30. The molecule has 2 heterocycles. The van der Waals surface area contributed by atoms with Gasteiger partial charge in [-0.1, -0.05) is 24.3 Å². The molecule has 3 aromatic rings. The molecule has 0 radical (unpaired) electrons. The van der Waals surface area contributed by atoms with Gasteiger partial charge in [0.1, 0.15) is 6.26 Å². The number of nitrogens with zero attached hydrogens (tertiary/aromatic N) is 3. The van der Waals surface area contributed by atoms with Crippen molar-refractivity contribution < 1.29 is 4.42 Å². The molecule has 0 bridgehead atoms. The van der Waals surface area contributed by atoms with E-state index in [0.29, 0.717) is 5.89 Å². The van der Waals surface area contributed by atoms with Crippen molar-refractivity contribution in [2.75, 3.05) is 7.05 Å². The number of hydrogen-bond acceptors (Lipinski definition) is 4. The first-order valence-corrected chi connectivity index (χ1v) is 7.30. The summed E-state index contributed by atoms with van der Waals surface area (Å²) in [7, 11) is 2.06.